The fourth-order valence-electron chi connectivity index (χ4n) is 4.51. The molecular formula is C19H28N2OS. The predicted octanol–water partition coefficient (Wildman–Crippen LogP) is 3.68. The molecule has 0 unspecified atom stereocenters. The van der Waals surface area contributed by atoms with E-state index in [9.17, 15) is 5.11 Å². The Bertz CT molecular complexity index is 517. The van der Waals surface area contributed by atoms with Crippen LogP contribution in [0.2, 0.25) is 0 Å². The highest BCUT2D eigenvalue weighted by atomic mass is 32.2. The maximum absolute atomic E-state index is 10.8. The smallest absolute Gasteiger partial charge is 0.0902 e. The summed E-state index contributed by atoms with van der Waals surface area (Å²) < 4.78 is 2.32. The second kappa shape index (κ2) is 6.66. The van der Waals surface area contributed by atoms with Crippen LogP contribution in [0.25, 0.3) is 0 Å². The predicted molar refractivity (Wildman–Crippen MR) is 97.8 cm³/mol. The number of rotatable bonds is 2. The van der Waals surface area contributed by atoms with Crippen molar-refractivity contribution in [2.24, 2.45) is 0 Å². The number of hydrogen-bond donors (Lipinski definition) is 1. The van der Waals surface area contributed by atoms with Crippen molar-refractivity contribution >= 4 is 17.6 Å². The molecule has 1 spiro atoms. The first-order valence-electron chi connectivity index (χ1n) is 9.21. The van der Waals surface area contributed by atoms with Crippen LogP contribution in [-0.4, -0.2) is 46.5 Å². The van der Waals surface area contributed by atoms with Crippen molar-refractivity contribution in [3.63, 3.8) is 0 Å². The minimum atomic E-state index is -0.219. The summed E-state index contributed by atoms with van der Waals surface area (Å²) in [6.45, 7) is 2.98. The van der Waals surface area contributed by atoms with Gasteiger partial charge >= 0.3 is 0 Å². The Morgan fingerprint density at radius 1 is 1.04 bits per heavy atom. The molecule has 1 aromatic carbocycles. The van der Waals surface area contributed by atoms with Gasteiger partial charge in [0.2, 0.25) is 0 Å². The number of likely N-dealkylation sites (tertiary alicyclic amines) is 1. The number of para-hydroxylation sites is 1. The van der Waals surface area contributed by atoms with Crippen LogP contribution in [0.15, 0.2) is 30.3 Å². The van der Waals surface area contributed by atoms with Gasteiger partial charge in [-0.3, -0.25) is 4.90 Å². The molecule has 0 bridgehead atoms. The average Bonchev–Trinajstić information content (AvgIpc) is 3.02. The van der Waals surface area contributed by atoms with Crippen molar-refractivity contribution in [2.75, 3.05) is 23.9 Å². The summed E-state index contributed by atoms with van der Waals surface area (Å²) >= 11 is 1.90. The van der Waals surface area contributed by atoms with Gasteiger partial charge < -0.3 is 9.41 Å². The molecule has 3 fully saturated rings. The molecule has 0 aromatic heterocycles. The number of β-amino-alcohol motifs (C(OH)–C–C–N with tert-alkyl or cyclic N) is 1. The quantitative estimate of drug-likeness (QED) is 0.660. The Morgan fingerprint density at radius 3 is 2.52 bits per heavy atom. The van der Waals surface area contributed by atoms with Gasteiger partial charge in [-0.15, -0.1) is 0 Å². The Hall–Kier alpha value is -0.710. The van der Waals surface area contributed by atoms with Crippen LogP contribution < -0.4 is 4.31 Å². The third-order valence-electron chi connectivity index (χ3n) is 5.92. The van der Waals surface area contributed by atoms with Crippen molar-refractivity contribution in [1.29, 1.82) is 0 Å². The van der Waals surface area contributed by atoms with Crippen molar-refractivity contribution in [3.8, 4) is 0 Å². The van der Waals surface area contributed by atoms with Gasteiger partial charge in [0.05, 0.1) is 17.4 Å². The summed E-state index contributed by atoms with van der Waals surface area (Å²) in [5.41, 5.74) is 1.22. The normalized spacial score (nSPS) is 33.4. The van der Waals surface area contributed by atoms with E-state index in [2.05, 4.69) is 39.5 Å². The third-order valence-corrected chi connectivity index (χ3v) is 7.47. The molecular weight excluding hydrogens is 304 g/mol. The highest BCUT2D eigenvalue weighted by Gasteiger charge is 2.52. The molecule has 1 aliphatic carbocycles. The van der Waals surface area contributed by atoms with Crippen LogP contribution in [0.4, 0.5) is 5.69 Å². The summed E-state index contributed by atoms with van der Waals surface area (Å²) in [6, 6.07) is 11.3. The Morgan fingerprint density at radius 2 is 1.78 bits per heavy atom. The molecule has 4 heteroatoms. The highest BCUT2D eigenvalue weighted by molar-refractivity contribution is 8.02. The lowest BCUT2D eigenvalue weighted by atomic mass is 10.0. The molecule has 126 valence electrons. The lowest BCUT2D eigenvalue weighted by Crippen LogP contribution is -2.42. The summed E-state index contributed by atoms with van der Waals surface area (Å²) in [7, 11) is 0. The topological polar surface area (TPSA) is 26.7 Å². The zero-order valence-corrected chi connectivity index (χ0v) is 14.7. The standard InChI is InChI=1S/C19H28N2OS/c22-18-14-21(17-10-6-3-7-11-17)23-19(18)12-13-20(15-19)16-8-4-1-2-5-9-16/h3,6-7,10-11,16,18,22H,1-2,4-5,8-9,12-15H2/t18-,19+/m0/s1. The van der Waals surface area contributed by atoms with E-state index in [-0.39, 0.29) is 10.9 Å². The summed E-state index contributed by atoms with van der Waals surface area (Å²) in [6.07, 6.45) is 9.23. The van der Waals surface area contributed by atoms with E-state index >= 15 is 0 Å². The van der Waals surface area contributed by atoms with Gasteiger partial charge in [0.15, 0.2) is 0 Å². The minimum absolute atomic E-state index is 0.0160. The number of aliphatic hydroxyl groups excluding tert-OH is 1. The van der Waals surface area contributed by atoms with E-state index in [0.717, 1.165) is 32.1 Å². The molecule has 2 aliphatic heterocycles. The van der Waals surface area contributed by atoms with Crippen LogP contribution in [0.3, 0.4) is 0 Å². The average molecular weight is 333 g/mol. The largest absolute Gasteiger partial charge is 0.390 e. The fourth-order valence-corrected chi connectivity index (χ4v) is 5.99. The van der Waals surface area contributed by atoms with Crippen molar-refractivity contribution in [2.45, 2.75) is 61.8 Å². The molecule has 0 amide bonds. The molecule has 0 radical (unpaired) electrons. The van der Waals surface area contributed by atoms with E-state index in [4.69, 9.17) is 0 Å². The molecule has 2 heterocycles. The molecule has 2 saturated heterocycles. The van der Waals surface area contributed by atoms with Crippen LogP contribution in [0, 0.1) is 0 Å². The third kappa shape index (κ3) is 3.13. The summed E-state index contributed by atoms with van der Waals surface area (Å²) in [5.74, 6) is 0. The van der Waals surface area contributed by atoms with Gasteiger partial charge in [-0.2, -0.15) is 0 Å². The summed E-state index contributed by atoms with van der Waals surface area (Å²) in [5, 5.41) is 10.8. The molecule has 4 rings (SSSR count). The van der Waals surface area contributed by atoms with Gasteiger partial charge in [-0.05, 0) is 43.3 Å². The monoisotopic (exact) mass is 332 g/mol. The van der Waals surface area contributed by atoms with Crippen molar-refractivity contribution in [3.05, 3.63) is 30.3 Å². The zero-order chi connectivity index (χ0) is 15.7. The molecule has 1 aromatic rings. The van der Waals surface area contributed by atoms with Crippen LogP contribution in [-0.2, 0) is 0 Å². The first-order valence-corrected chi connectivity index (χ1v) is 9.98. The van der Waals surface area contributed by atoms with E-state index < -0.39 is 0 Å². The number of anilines is 1. The second-order valence-electron chi connectivity index (χ2n) is 7.43. The Balaban J connectivity index is 1.45. The van der Waals surface area contributed by atoms with Gasteiger partial charge in [0.25, 0.3) is 0 Å². The van der Waals surface area contributed by atoms with Crippen LogP contribution in [0.1, 0.15) is 44.9 Å². The minimum Gasteiger partial charge on any atom is -0.390 e. The van der Waals surface area contributed by atoms with E-state index in [1.54, 1.807) is 0 Å². The Kier molecular flexibility index (Phi) is 4.57. The van der Waals surface area contributed by atoms with Gasteiger partial charge in [-0.1, -0.05) is 43.9 Å². The van der Waals surface area contributed by atoms with E-state index in [1.165, 1.54) is 44.2 Å². The first kappa shape index (κ1) is 15.8. The fraction of sp³-hybridized carbons (Fsp3) is 0.684. The zero-order valence-electron chi connectivity index (χ0n) is 13.9. The number of benzene rings is 1. The number of nitrogens with zero attached hydrogens (tertiary/aromatic N) is 2. The Labute approximate surface area is 144 Å². The van der Waals surface area contributed by atoms with E-state index in [0.29, 0.717) is 0 Å². The van der Waals surface area contributed by atoms with Gasteiger partial charge in [0.1, 0.15) is 0 Å². The molecule has 2 atom stereocenters. The molecule has 23 heavy (non-hydrogen) atoms. The second-order valence-corrected chi connectivity index (χ2v) is 8.87. The molecule has 3 nitrogen and oxygen atoms in total. The number of aliphatic hydroxyl groups is 1. The van der Waals surface area contributed by atoms with Crippen LogP contribution in [0.5, 0.6) is 0 Å². The maximum atomic E-state index is 10.8. The molecule has 1 saturated carbocycles. The maximum Gasteiger partial charge on any atom is 0.0902 e. The SMILES string of the molecule is O[C@H]1CN(c2ccccc2)S[C@@]12CCN(C1CCCCCC1)C2. The van der Waals surface area contributed by atoms with E-state index in [1.807, 2.05) is 11.9 Å². The molecule has 3 aliphatic rings. The number of hydrogen-bond acceptors (Lipinski definition) is 4. The lowest BCUT2D eigenvalue weighted by molar-refractivity contribution is 0.138. The lowest BCUT2D eigenvalue weighted by Gasteiger charge is -2.30. The summed E-state index contributed by atoms with van der Waals surface area (Å²) in [4.78, 5) is 2.69. The first-order chi connectivity index (χ1) is 11.3. The van der Waals surface area contributed by atoms with Crippen molar-refractivity contribution < 1.29 is 5.11 Å². The van der Waals surface area contributed by atoms with Crippen LogP contribution >= 0.6 is 11.9 Å². The van der Waals surface area contributed by atoms with Gasteiger partial charge in [0, 0.05) is 24.8 Å². The molecule has 1 N–H and O–H groups in total. The van der Waals surface area contributed by atoms with Gasteiger partial charge in [-0.25, -0.2) is 0 Å². The highest BCUT2D eigenvalue weighted by Crippen LogP contribution is 2.48. The van der Waals surface area contributed by atoms with Crippen molar-refractivity contribution in [1.82, 2.24) is 4.90 Å².